The molecule has 1 heterocycles. The number of hydrazone groups is 1. The van der Waals surface area contributed by atoms with E-state index < -0.39 is 0 Å². The Morgan fingerprint density at radius 2 is 2.42 bits per heavy atom. The second-order valence-corrected chi connectivity index (χ2v) is 2.02. The molecule has 8 nitrogen and oxygen atoms in total. The average Bonchev–Trinajstić information content (AvgIpc) is 2.47. The largest absolute Gasteiger partial charge is 0.384 e. The van der Waals surface area contributed by atoms with Gasteiger partial charge in [-0.1, -0.05) is 0 Å². The van der Waals surface area contributed by atoms with Gasteiger partial charge in [0.15, 0.2) is 0 Å². The van der Waals surface area contributed by atoms with E-state index in [2.05, 4.69) is 25.6 Å². The number of nitrogens with zero attached hydrogens (tertiary/aromatic N) is 3. The number of hydrogen-bond donors (Lipinski definition) is 5. The summed E-state index contributed by atoms with van der Waals surface area (Å²) in [4.78, 5) is 3.77. The maximum absolute atomic E-state index is 5.29. The predicted molar refractivity (Wildman–Crippen MR) is 45.1 cm³/mol. The molecule has 0 radical (unpaired) electrons. The van der Waals surface area contributed by atoms with Gasteiger partial charge in [0.05, 0.1) is 6.54 Å². The van der Waals surface area contributed by atoms with E-state index in [-0.39, 0.29) is 18.3 Å². The van der Waals surface area contributed by atoms with Gasteiger partial charge in [-0.25, -0.2) is 5.10 Å². The molecular formula is C4H10N8. The highest BCUT2D eigenvalue weighted by molar-refractivity contribution is 5.83. The van der Waals surface area contributed by atoms with Crippen molar-refractivity contribution >= 4 is 17.7 Å². The van der Waals surface area contributed by atoms with Crippen LogP contribution in [0.15, 0.2) is 5.10 Å². The summed E-state index contributed by atoms with van der Waals surface area (Å²) >= 11 is 0. The summed E-state index contributed by atoms with van der Waals surface area (Å²) in [5, 5.41) is 12.1. The standard InChI is InChI=1S/C4H10N8/c5-2(10-7)1-8-4-9-3(6)11-12-4/h1,7H2,(H2,5,10)(H4,6,8,9,11,12). The van der Waals surface area contributed by atoms with E-state index in [1.54, 1.807) is 0 Å². The van der Waals surface area contributed by atoms with Crippen LogP contribution in [0.5, 0.6) is 0 Å². The summed E-state index contributed by atoms with van der Waals surface area (Å²) < 4.78 is 0. The second kappa shape index (κ2) is 3.42. The SMILES string of the molecule is N/N=C(\N)CNc1n[nH]c(N)n1. The Morgan fingerprint density at radius 1 is 1.67 bits per heavy atom. The molecule has 8 N–H and O–H groups in total. The van der Waals surface area contributed by atoms with Crippen LogP contribution < -0.4 is 22.6 Å². The Hall–Kier alpha value is -1.99. The summed E-state index contributed by atoms with van der Waals surface area (Å²) in [5.41, 5.74) is 10.6. The Morgan fingerprint density at radius 3 is 2.92 bits per heavy atom. The number of aromatic amines is 1. The molecular weight excluding hydrogens is 160 g/mol. The Bertz CT molecular complexity index is 274. The highest BCUT2D eigenvalue weighted by Crippen LogP contribution is 1.96. The minimum Gasteiger partial charge on any atom is -0.384 e. The molecule has 0 aliphatic rings. The van der Waals surface area contributed by atoms with Crippen LogP contribution in [-0.4, -0.2) is 27.6 Å². The summed E-state index contributed by atoms with van der Waals surface area (Å²) in [6.45, 7) is 0.286. The quantitative estimate of drug-likeness (QED) is 0.154. The van der Waals surface area contributed by atoms with Crippen molar-refractivity contribution in [2.24, 2.45) is 16.7 Å². The normalized spacial score (nSPS) is 11.5. The van der Waals surface area contributed by atoms with Gasteiger partial charge in [-0.15, -0.1) is 5.10 Å². The maximum atomic E-state index is 5.29. The molecule has 0 saturated carbocycles. The molecule has 0 aliphatic carbocycles. The van der Waals surface area contributed by atoms with E-state index in [0.717, 1.165) is 0 Å². The van der Waals surface area contributed by atoms with Crippen molar-refractivity contribution in [3.63, 3.8) is 0 Å². The number of hydrogen-bond acceptors (Lipinski definition) is 6. The fourth-order valence-corrected chi connectivity index (χ4v) is 0.569. The van der Waals surface area contributed by atoms with E-state index in [1.807, 2.05) is 0 Å². The van der Waals surface area contributed by atoms with Crippen molar-refractivity contribution in [3.8, 4) is 0 Å². The molecule has 0 amide bonds. The Labute approximate surface area is 68.2 Å². The van der Waals surface area contributed by atoms with E-state index in [4.69, 9.17) is 17.3 Å². The first-order valence-corrected chi connectivity index (χ1v) is 3.16. The molecule has 8 heteroatoms. The molecule has 0 aliphatic heterocycles. The fourth-order valence-electron chi connectivity index (χ4n) is 0.569. The van der Waals surface area contributed by atoms with Crippen LogP contribution in [0.2, 0.25) is 0 Å². The first kappa shape index (κ1) is 8.11. The van der Waals surface area contributed by atoms with Crippen molar-refractivity contribution in [1.82, 2.24) is 15.2 Å². The smallest absolute Gasteiger partial charge is 0.244 e. The van der Waals surface area contributed by atoms with E-state index in [9.17, 15) is 0 Å². The van der Waals surface area contributed by atoms with Gasteiger partial charge in [0, 0.05) is 0 Å². The van der Waals surface area contributed by atoms with Gasteiger partial charge < -0.3 is 22.6 Å². The molecule has 66 valence electrons. The molecule has 12 heavy (non-hydrogen) atoms. The minimum absolute atomic E-state index is 0.237. The van der Waals surface area contributed by atoms with E-state index in [1.165, 1.54) is 0 Å². The summed E-state index contributed by atoms with van der Waals surface area (Å²) in [5.74, 6) is 5.75. The zero-order chi connectivity index (χ0) is 8.97. The Kier molecular flexibility index (Phi) is 2.31. The van der Waals surface area contributed by atoms with Crippen LogP contribution in [0.4, 0.5) is 11.9 Å². The van der Waals surface area contributed by atoms with Crippen LogP contribution in [0.3, 0.4) is 0 Å². The molecule has 0 unspecified atom stereocenters. The molecule has 1 aromatic rings. The van der Waals surface area contributed by atoms with E-state index in [0.29, 0.717) is 5.95 Å². The number of nitrogen functional groups attached to an aromatic ring is 1. The molecule has 0 bridgehead atoms. The lowest BCUT2D eigenvalue weighted by Gasteiger charge is -1.97. The zero-order valence-corrected chi connectivity index (χ0v) is 6.28. The van der Waals surface area contributed by atoms with Crippen molar-refractivity contribution in [1.29, 1.82) is 0 Å². The van der Waals surface area contributed by atoms with Crippen LogP contribution in [0.25, 0.3) is 0 Å². The zero-order valence-electron chi connectivity index (χ0n) is 6.28. The fraction of sp³-hybridized carbons (Fsp3) is 0.250. The molecule has 0 fully saturated rings. The predicted octanol–water partition coefficient (Wildman–Crippen LogP) is -1.97. The molecule has 0 atom stereocenters. The number of amidine groups is 1. The highest BCUT2D eigenvalue weighted by Gasteiger charge is 1.98. The minimum atomic E-state index is 0.237. The molecule has 1 rings (SSSR count). The van der Waals surface area contributed by atoms with Gasteiger partial charge in [-0.3, -0.25) is 0 Å². The molecule has 0 saturated heterocycles. The number of anilines is 2. The second-order valence-electron chi connectivity index (χ2n) is 2.02. The first-order chi connectivity index (χ1) is 5.72. The molecule has 1 aromatic heterocycles. The van der Waals surface area contributed by atoms with Crippen LogP contribution in [0, 0.1) is 0 Å². The van der Waals surface area contributed by atoms with Gasteiger partial charge in [0.2, 0.25) is 11.9 Å². The highest BCUT2D eigenvalue weighted by atomic mass is 15.3. The van der Waals surface area contributed by atoms with Crippen LogP contribution >= 0.6 is 0 Å². The van der Waals surface area contributed by atoms with Crippen molar-refractivity contribution in [2.75, 3.05) is 17.6 Å². The lowest BCUT2D eigenvalue weighted by Crippen LogP contribution is -2.24. The van der Waals surface area contributed by atoms with Gasteiger partial charge in [-0.05, 0) is 0 Å². The third-order valence-electron chi connectivity index (χ3n) is 1.10. The topological polar surface area (TPSA) is 144 Å². The third kappa shape index (κ3) is 2.01. The monoisotopic (exact) mass is 170 g/mol. The maximum Gasteiger partial charge on any atom is 0.244 e. The van der Waals surface area contributed by atoms with Gasteiger partial charge >= 0.3 is 0 Å². The van der Waals surface area contributed by atoms with Crippen molar-refractivity contribution in [3.05, 3.63) is 0 Å². The van der Waals surface area contributed by atoms with Crippen molar-refractivity contribution in [2.45, 2.75) is 0 Å². The molecule has 0 spiro atoms. The van der Waals surface area contributed by atoms with Crippen molar-refractivity contribution < 1.29 is 0 Å². The number of nitrogens with one attached hydrogen (secondary N) is 2. The summed E-state index contributed by atoms with van der Waals surface area (Å²) in [6.07, 6.45) is 0. The number of aromatic nitrogens is 3. The van der Waals surface area contributed by atoms with Gasteiger partial charge in [0.1, 0.15) is 5.84 Å². The van der Waals surface area contributed by atoms with Crippen LogP contribution in [0.1, 0.15) is 0 Å². The number of rotatable bonds is 3. The lowest BCUT2D eigenvalue weighted by atomic mass is 10.6. The van der Waals surface area contributed by atoms with E-state index >= 15 is 0 Å². The number of nitrogens with two attached hydrogens (primary N) is 3. The summed E-state index contributed by atoms with van der Waals surface area (Å²) in [6, 6.07) is 0. The van der Waals surface area contributed by atoms with Gasteiger partial charge in [0.25, 0.3) is 0 Å². The van der Waals surface area contributed by atoms with Gasteiger partial charge in [-0.2, -0.15) is 10.1 Å². The summed E-state index contributed by atoms with van der Waals surface area (Å²) in [7, 11) is 0. The molecule has 0 aromatic carbocycles. The van der Waals surface area contributed by atoms with Crippen LogP contribution in [-0.2, 0) is 0 Å². The first-order valence-electron chi connectivity index (χ1n) is 3.16. The number of H-pyrrole nitrogens is 1. The Balaban J connectivity index is 2.43. The average molecular weight is 170 g/mol. The third-order valence-corrected chi connectivity index (χ3v) is 1.10. The lowest BCUT2D eigenvalue weighted by molar-refractivity contribution is 1.08.